The molecule has 1 fully saturated rings. The Balaban J connectivity index is 1.20. The molecule has 3 aliphatic heterocycles. The van der Waals surface area contributed by atoms with Crippen molar-refractivity contribution in [1.29, 1.82) is 0 Å². The summed E-state index contributed by atoms with van der Waals surface area (Å²) in [5, 5.41) is 1.10. The van der Waals surface area contributed by atoms with Crippen LogP contribution in [0.1, 0.15) is 11.1 Å². The van der Waals surface area contributed by atoms with E-state index in [0.29, 0.717) is 61.0 Å². The Labute approximate surface area is 256 Å². The Morgan fingerprint density at radius 3 is 2.42 bits per heavy atom. The minimum absolute atomic E-state index is 0.130. The maximum Gasteiger partial charge on any atom is 0.271 e. The van der Waals surface area contributed by atoms with Gasteiger partial charge in [-0.25, -0.2) is 4.99 Å². The molecule has 4 aromatic carbocycles. The monoisotopic (exact) mass is 614 g/mol. The van der Waals surface area contributed by atoms with Crippen molar-refractivity contribution in [3.63, 3.8) is 0 Å². The molecule has 7 rings (SSSR count). The number of halogens is 1. The molecule has 0 radical (unpaired) electrons. The molecule has 0 aliphatic carbocycles. The Bertz CT molecular complexity index is 1810. The van der Waals surface area contributed by atoms with E-state index in [9.17, 15) is 4.79 Å². The van der Waals surface area contributed by atoms with Crippen molar-refractivity contribution in [2.45, 2.75) is 6.61 Å². The molecule has 0 saturated carbocycles. The van der Waals surface area contributed by atoms with E-state index in [1.54, 1.807) is 48.4 Å². The van der Waals surface area contributed by atoms with Crippen LogP contribution >= 0.6 is 23.4 Å². The maximum atomic E-state index is 13.9. The Morgan fingerprint density at radius 1 is 0.884 bits per heavy atom. The topological polar surface area (TPSA) is 88.0 Å². The number of hydrogen-bond acceptors (Lipinski definition) is 9. The van der Waals surface area contributed by atoms with E-state index in [0.717, 1.165) is 11.1 Å². The third-order valence-corrected chi connectivity index (χ3v) is 8.17. The summed E-state index contributed by atoms with van der Waals surface area (Å²) in [7, 11) is 1.57. The number of carbonyl (C=O) groups is 1. The van der Waals surface area contributed by atoms with E-state index in [-0.39, 0.29) is 26.1 Å². The van der Waals surface area contributed by atoms with Crippen LogP contribution in [0.25, 0.3) is 6.08 Å². The molecule has 43 heavy (non-hydrogen) atoms. The minimum atomic E-state index is -0.235. The molecule has 0 unspecified atom stereocenters. The molecule has 0 N–H and O–H groups in total. The minimum Gasteiger partial charge on any atom is -0.493 e. The molecule has 3 heterocycles. The van der Waals surface area contributed by atoms with Gasteiger partial charge in [0, 0.05) is 22.7 Å². The van der Waals surface area contributed by atoms with Crippen LogP contribution in [0.5, 0.6) is 34.5 Å². The molecule has 3 aliphatic rings. The van der Waals surface area contributed by atoms with E-state index >= 15 is 0 Å². The van der Waals surface area contributed by atoms with Crippen LogP contribution in [0.15, 0.2) is 88.8 Å². The van der Waals surface area contributed by atoms with Crippen LogP contribution in [-0.4, -0.2) is 31.8 Å². The van der Waals surface area contributed by atoms with E-state index < -0.39 is 0 Å². The number of benzene rings is 4. The molecule has 0 aromatic heterocycles. The number of nitrogens with zero attached hydrogens (tertiary/aromatic N) is 2. The predicted octanol–water partition coefficient (Wildman–Crippen LogP) is 7.19. The molecule has 4 aromatic rings. The molecular weight excluding hydrogens is 592 g/mol. The predicted molar refractivity (Wildman–Crippen MR) is 164 cm³/mol. The smallest absolute Gasteiger partial charge is 0.271 e. The van der Waals surface area contributed by atoms with Gasteiger partial charge in [-0.05, 0) is 65.9 Å². The molecule has 0 atom stereocenters. The first kappa shape index (κ1) is 27.1. The number of ether oxygens (including phenoxy) is 6. The SMILES string of the molecule is COc1cc(/C=C2\SC(=Nc3ccc4c(c3)OCO4)N(c3ccc4c(c3)OCO4)C2=O)ccc1OCc1ccccc1Cl. The van der Waals surface area contributed by atoms with Gasteiger partial charge in [0.15, 0.2) is 39.7 Å². The zero-order valence-corrected chi connectivity index (χ0v) is 24.3. The van der Waals surface area contributed by atoms with Crippen LogP contribution in [-0.2, 0) is 11.4 Å². The number of amidine groups is 1. The van der Waals surface area contributed by atoms with Gasteiger partial charge >= 0.3 is 0 Å². The van der Waals surface area contributed by atoms with Crippen LogP contribution in [0.3, 0.4) is 0 Å². The van der Waals surface area contributed by atoms with Crippen molar-refractivity contribution in [3.8, 4) is 34.5 Å². The fraction of sp³-hybridized carbons (Fsp3) is 0.125. The number of rotatable bonds is 7. The highest BCUT2D eigenvalue weighted by Crippen LogP contribution is 2.43. The van der Waals surface area contributed by atoms with Gasteiger partial charge in [-0.2, -0.15) is 0 Å². The standard InChI is InChI=1S/C32H23ClN2O7S/c1-37-27-12-19(6-9-24(27)38-16-20-4-2-3-5-23(20)33)13-30-31(36)35(22-8-11-26-29(15-22)42-18-40-26)32(43-30)34-21-7-10-25-28(14-21)41-17-39-25/h2-15H,16-18H2,1H3/b30-13-,34-32?. The third-order valence-electron chi connectivity index (χ3n) is 6.83. The Morgan fingerprint density at radius 2 is 1.63 bits per heavy atom. The number of methoxy groups -OCH3 is 1. The highest BCUT2D eigenvalue weighted by Gasteiger charge is 2.36. The van der Waals surface area contributed by atoms with Crippen molar-refractivity contribution in [2.24, 2.45) is 4.99 Å². The van der Waals surface area contributed by atoms with Crippen molar-refractivity contribution in [1.82, 2.24) is 0 Å². The lowest BCUT2D eigenvalue weighted by molar-refractivity contribution is -0.113. The van der Waals surface area contributed by atoms with Gasteiger partial charge < -0.3 is 28.4 Å². The summed E-state index contributed by atoms with van der Waals surface area (Å²) >= 11 is 7.54. The lowest BCUT2D eigenvalue weighted by Gasteiger charge is -2.16. The number of hydrogen-bond donors (Lipinski definition) is 0. The van der Waals surface area contributed by atoms with Crippen LogP contribution in [0, 0.1) is 0 Å². The largest absolute Gasteiger partial charge is 0.493 e. The second kappa shape index (κ2) is 11.5. The lowest BCUT2D eigenvalue weighted by atomic mass is 10.1. The Hall–Kier alpha value is -4.80. The normalized spacial score (nSPS) is 16.8. The number of anilines is 1. The van der Waals surface area contributed by atoms with E-state index in [4.69, 9.17) is 45.0 Å². The highest BCUT2D eigenvalue weighted by molar-refractivity contribution is 8.19. The van der Waals surface area contributed by atoms with Crippen molar-refractivity contribution in [2.75, 3.05) is 25.6 Å². The van der Waals surface area contributed by atoms with Gasteiger partial charge in [-0.3, -0.25) is 9.69 Å². The fourth-order valence-electron chi connectivity index (χ4n) is 4.68. The maximum absolute atomic E-state index is 13.9. The number of carbonyl (C=O) groups excluding carboxylic acids is 1. The first-order valence-corrected chi connectivity index (χ1v) is 14.4. The molecule has 0 spiro atoms. The van der Waals surface area contributed by atoms with Crippen LogP contribution < -0.4 is 33.3 Å². The lowest BCUT2D eigenvalue weighted by Crippen LogP contribution is -2.28. The molecule has 9 nitrogen and oxygen atoms in total. The summed E-state index contributed by atoms with van der Waals surface area (Å²) in [4.78, 5) is 20.7. The summed E-state index contributed by atoms with van der Waals surface area (Å²) in [6, 6.07) is 23.8. The van der Waals surface area contributed by atoms with Crippen LogP contribution in [0.4, 0.5) is 11.4 Å². The van der Waals surface area contributed by atoms with Gasteiger partial charge in [0.1, 0.15) is 6.61 Å². The molecular formula is C32H23ClN2O7S. The number of amides is 1. The number of fused-ring (bicyclic) bond motifs is 2. The number of aliphatic imine (C=N–C) groups is 1. The van der Waals surface area contributed by atoms with Crippen molar-refractivity contribution in [3.05, 3.63) is 99.9 Å². The summed E-state index contributed by atoms with van der Waals surface area (Å²) in [6.45, 7) is 0.575. The molecule has 11 heteroatoms. The average molecular weight is 615 g/mol. The summed E-state index contributed by atoms with van der Waals surface area (Å²) < 4.78 is 33.6. The van der Waals surface area contributed by atoms with Crippen molar-refractivity contribution < 1.29 is 33.2 Å². The van der Waals surface area contributed by atoms with Crippen LogP contribution in [0.2, 0.25) is 5.02 Å². The van der Waals surface area contributed by atoms with Gasteiger partial charge in [0.25, 0.3) is 5.91 Å². The number of thioether (sulfide) groups is 1. The molecule has 216 valence electrons. The van der Waals surface area contributed by atoms with Gasteiger partial charge in [0.2, 0.25) is 13.6 Å². The van der Waals surface area contributed by atoms with Crippen molar-refractivity contribution >= 4 is 51.9 Å². The first-order valence-electron chi connectivity index (χ1n) is 13.2. The third kappa shape index (κ3) is 5.42. The summed E-state index contributed by atoms with van der Waals surface area (Å²) in [5.74, 6) is 3.29. The highest BCUT2D eigenvalue weighted by atomic mass is 35.5. The quantitative estimate of drug-likeness (QED) is 0.202. The molecule has 1 saturated heterocycles. The van der Waals surface area contributed by atoms with E-state index in [1.165, 1.54) is 11.8 Å². The van der Waals surface area contributed by atoms with E-state index in [2.05, 4.69) is 0 Å². The fourth-order valence-corrected chi connectivity index (χ4v) is 5.87. The average Bonchev–Trinajstić information content (AvgIpc) is 3.76. The zero-order valence-electron chi connectivity index (χ0n) is 22.7. The second-order valence-electron chi connectivity index (χ2n) is 9.51. The molecule has 0 bridgehead atoms. The Kier molecular flexibility index (Phi) is 7.22. The van der Waals surface area contributed by atoms with Gasteiger partial charge in [-0.15, -0.1) is 0 Å². The van der Waals surface area contributed by atoms with E-state index in [1.807, 2.05) is 48.5 Å². The first-order chi connectivity index (χ1) is 21.1. The second-order valence-corrected chi connectivity index (χ2v) is 10.9. The van der Waals surface area contributed by atoms with Gasteiger partial charge in [0.05, 0.1) is 23.4 Å². The van der Waals surface area contributed by atoms with Gasteiger partial charge in [-0.1, -0.05) is 35.9 Å². The molecule has 1 amide bonds. The summed E-state index contributed by atoms with van der Waals surface area (Å²) in [5.41, 5.74) is 2.84. The summed E-state index contributed by atoms with van der Waals surface area (Å²) in [6.07, 6.45) is 1.80. The zero-order chi connectivity index (χ0) is 29.3.